The average Bonchev–Trinajstić information content (AvgIpc) is 2.82. The van der Waals surface area contributed by atoms with Crippen molar-refractivity contribution in [2.75, 3.05) is 42.0 Å². The maximum Gasteiger partial charge on any atom is 0.306 e. The molecule has 1 aliphatic heterocycles. The molecule has 2 aromatic carbocycles. The fourth-order valence-electron chi connectivity index (χ4n) is 4.94. The van der Waals surface area contributed by atoms with Gasteiger partial charge in [-0.1, -0.05) is 6.07 Å². The Bertz CT molecular complexity index is 1040. The lowest BCUT2D eigenvalue weighted by Crippen LogP contribution is -2.50. The summed E-state index contributed by atoms with van der Waals surface area (Å²) in [4.78, 5) is 15.1. The number of carbonyl (C=O) groups excluding carboxylic acids is 1. The Morgan fingerprint density at radius 3 is 2.11 bits per heavy atom. The monoisotopic (exact) mass is 485 g/mol. The Balaban J connectivity index is 2.10. The molecular weight excluding hydrogens is 446 g/mol. The predicted octanol–water partition coefficient (Wildman–Crippen LogP) is 4.77. The first kappa shape index (κ1) is 26.7. The number of nitrogens with zero attached hydrogens (tertiary/aromatic N) is 1. The average molecular weight is 486 g/mol. The van der Waals surface area contributed by atoms with Gasteiger partial charge in [0.2, 0.25) is 0 Å². The molecule has 0 amide bonds. The van der Waals surface area contributed by atoms with Crippen LogP contribution in [0.1, 0.15) is 50.3 Å². The molecule has 192 valence electrons. The minimum absolute atomic E-state index is 0.204. The van der Waals surface area contributed by atoms with Gasteiger partial charge in [-0.2, -0.15) is 0 Å². The molecule has 0 spiro atoms. The Morgan fingerprint density at radius 2 is 1.51 bits per heavy atom. The van der Waals surface area contributed by atoms with Crippen LogP contribution in [-0.4, -0.2) is 58.5 Å². The summed E-state index contributed by atoms with van der Waals surface area (Å²) in [6, 6.07) is 10.1. The number of fused-ring (bicyclic) bond motifs is 1. The Hall–Kier alpha value is -2.93. The number of likely N-dealkylation sites (N-methyl/N-ethyl adjacent to an activating group) is 1. The second-order valence-electron chi connectivity index (χ2n) is 10.0. The van der Waals surface area contributed by atoms with E-state index in [0.717, 1.165) is 24.1 Å². The van der Waals surface area contributed by atoms with Crippen molar-refractivity contribution >= 4 is 5.97 Å². The molecule has 7 nitrogen and oxygen atoms in total. The zero-order valence-electron chi connectivity index (χ0n) is 22.3. The third-order valence-electron chi connectivity index (χ3n) is 6.67. The number of esters is 1. The molecule has 0 saturated heterocycles. The highest BCUT2D eigenvalue weighted by molar-refractivity contribution is 5.70. The van der Waals surface area contributed by atoms with Crippen LogP contribution in [0, 0.1) is 0 Å². The first-order valence-electron chi connectivity index (χ1n) is 12.0. The summed E-state index contributed by atoms with van der Waals surface area (Å²) < 4.78 is 27.9. The van der Waals surface area contributed by atoms with Gasteiger partial charge in [0.25, 0.3) is 0 Å². The lowest BCUT2D eigenvalue weighted by molar-refractivity contribution is -0.155. The lowest BCUT2D eigenvalue weighted by Gasteiger charge is -2.47. The first-order valence-corrected chi connectivity index (χ1v) is 12.0. The molecule has 0 N–H and O–H groups in total. The van der Waals surface area contributed by atoms with Crippen LogP contribution in [0.5, 0.6) is 23.0 Å². The van der Waals surface area contributed by atoms with Gasteiger partial charge in [0.05, 0.1) is 34.0 Å². The fraction of sp³-hybridized carbons (Fsp3) is 0.536. The fourth-order valence-corrected chi connectivity index (χ4v) is 4.94. The van der Waals surface area contributed by atoms with E-state index < -0.39 is 11.1 Å². The Morgan fingerprint density at radius 1 is 0.914 bits per heavy atom. The van der Waals surface area contributed by atoms with Crippen molar-refractivity contribution in [3.05, 3.63) is 47.0 Å². The summed E-state index contributed by atoms with van der Waals surface area (Å²) in [5.41, 5.74) is 2.44. The topological polar surface area (TPSA) is 66.5 Å². The zero-order valence-corrected chi connectivity index (χ0v) is 22.3. The van der Waals surface area contributed by atoms with E-state index in [-0.39, 0.29) is 5.97 Å². The third kappa shape index (κ3) is 5.84. The molecular formula is C28H39NO6. The van der Waals surface area contributed by atoms with Gasteiger partial charge in [0.1, 0.15) is 5.60 Å². The highest BCUT2D eigenvalue weighted by atomic mass is 16.6. The summed E-state index contributed by atoms with van der Waals surface area (Å²) in [5.74, 6) is 2.55. The third-order valence-corrected chi connectivity index (χ3v) is 6.67. The minimum Gasteiger partial charge on any atom is -0.493 e. The second kappa shape index (κ2) is 10.8. The standard InChI is InChI=1S/C28H39NO6/c1-27(2,3)35-26(30)11-13-28(18-19-9-10-22(31-5)23(15-19)32-6)21-17-25(34-8)24(33-7)16-20(21)12-14-29(28)4/h9-10,15-17H,11-14,18H2,1-8H3/t28-/m1/s1. The largest absolute Gasteiger partial charge is 0.493 e. The second-order valence-corrected chi connectivity index (χ2v) is 10.0. The molecule has 7 heteroatoms. The molecule has 0 aliphatic carbocycles. The molecule has 1 heterocycles. The van der Waals surface area contributed by atoms with E-state index in [2.05, 4.69) is 30.1 Å². The molecule has 0 unspecified atom stereocenters. The summed E-state index contributed by atoms with van der Waals surface area (Å²) in [7, 11) is 8.69. The highest BCUT2D eigenvalue weighted by Crippen LogP contribution is 2.46. The van der Waals surface area contributed by atoms with E-state index in [1.54, 1.807) is 28.4 Å². The van der Waals surface area contributed by atoms with Crippen LogP contribution in [0.4, 0.5) is 0 Å². The van der Waals surface area contributed by atoms with Gasteiger partial charge in [-0.25, -0.2) is 0 Å². The summed E-state index contributed by atoms with van der Waals surface area (Å²) in [6.07, 6.45) is 2.44. The maximum absolute atomic E-state index is 12.8. The van der Waals surface area contributed by atoms with Crippen molar-refractivity contribution < 1.29 is 28.5 Å². The molecule has 1 aliphatic rings. The number of ether oxygens (including phenoxy) is 5. The molecule has 0 aromatic heterocycles. The molecule has 3 rings (SSSR count). The smallest absolute Gasteiger partial charge is 0.306 e. The lowest BCUT2D eigenvalue weighted by atomic mass is 9.73. The number of carbonyl (C=O) groups is 1. The van der Waals surface area contributed by atoms with Crippen molar-refractivity contribution in [2.24, 2.45) is 0 Å². The molecule has 2 aromatic rings. The Kier molecular flexibility index (Phi) is 8.21. The van der Waals surface area contributed by atoms with Crippen molar-refractivity contribution in [1.29, 1.82) is 0 Å². The van der Waals surface area contributed by atoms with Gasteiger partial charge >= 0.3 is 5.97 Å². The van der Waals surface area contributed by atoms with Crippen LogP contribution < -0.4 is 18.9 Å². The first-order chi connectivity index (χ1) is 16.6. The van der Waals surface area contributed by atoms with Crippen LogP contribution in [0.2, 0.25) is 0 Å². The summed E-state index contributed by atoms with van der Waals surface area (Å²) >= 11 is 0. The number of methoxy groups -OCH3 is 4. The van der Waals surface area contributed by atoms with Crippen molar-refractivity contribution in [3.8, 4) is 23.0 Å². The zero-order chi connectivity index (χ0) is 25.8. The van der Waals surface area contributed by atoms with Gasteiger partial charge in [0, 0.05) is 13.0 Å². The number of rotatable bonds is 9. The molecule has 0 saturated carbocycles. The highest BCUT2D eigenvalue weighted by Gasteiger charge is 2.42. The van der Waals surface area contributed by atoms with Crippen molar-refractivity contribution in [3.63, 3.8) is 0 Å². The van der Waals surface area contributed by atoms with E-state index in [9.17, 15) is 4.79 Å². The molecule has 35 heavy (non-hydrogen) atoms. The quantitative estimate of drug-likeness (QED) is 0.474. The number of benzene rings is 2. The number of hydrogen-bond acceptors (Lipinski definition) is 7. The van der Waals surface area contributed by atoms with E-state index >= 15 is 0 Å². The van der Waals surface area contributed by atoms with Crippen LogP contribution in [-0.2, 0) is 27.9 Å². The molecule has 0 bridgehead atoms. The van der Waals surface area contributed by atoms with Gasteiger partial charge in [-0.15, -0.1) is 0 Å². The van der Waals surface area contributed by atoms with E-state index in [0.29, 0.717) is 42.3 Å². The normalized spacial score (nSPS) is 17.9. The van der Waals surface area contributed by atoms with E-state index in [1.807, 2.05) is 32.9 Å². The number of hydrogen-bond donors (Lipinski definition) is 0. The van der Waals surface area contributed by atoms with Gasteiger partial charge < -0.3 is 23.7 Å². The van der Waals surface area contributed by atoms with E-state index in [4.69, 9.17) is 23.7 Å². The summed E-state index contributed by atoms with van der Waals surface area (Å²) in [6.45, 7) is 6.53. The van der Waals surface area contributed by atoms with Gasteiger partial charge in [-0.3, -0.25) is 9.69 Å². The molecule has 1 atom stereocenters. The van der Waals surface area contributed by atoms with Crippen LogP contribution in [0.25, 0.3) is 0 Å². The Labute approximate surface area is 209 Å². The van der Waals surface area contributed by atoms with Crippen molar-refractivity contribution in [1.82, 2.24) is 4.90 Å². The van der Waals surface area contributed by atoms with Crippen molar-refractivity contribution in [2.45, 2.75) is 57.6 Å². The van der Waals surface area contributed by atoms with Gasteiger partial charge in [0.15, 0.2) is 23.0 Å². The SMILES string of the molecule is COc1ccc(C[C@]2(CCC(=O)OC(C)(C)C)c3cc(OC)c(OC)cc3CCN2C)cc1OC. The maximum atomic E-state index is 12.8. The summed E-state index contributed by atoms with van der Waals surface area (Å²) in [5, 5.41) is 0. The minimum atomic E-state index is -0.527. The van der Waals surface area contributed by atoms with Crippen LogP contribution in [0.15, 0.2) is 30.3 Å². The predicted molar refractivity (Wildman–Crippen MR) is 136 cm³/mol. The molecule has 0 radical (unpaired) electrons. The van der Waals surface area contributed by atoms with Gasteiger partial charge in [-0.05, 0) is 88.0 Å². The molecule has 0 fully saturated rings. The van der Waals surface area contributed by atoms with Crippen LogP contribution in [0.3, 0.4) is 0 Å². The van der Waals surface area contributed by atoms with Crippen LogP contribution >= 0.6 is 0 Å². The van der Waals surface area contributed by atoms with E-state index in [1.165, 1.54) is 5.56 Å².